The van der Waals surface area contributed by atoms with Gasteiger partial charge in [0.15, 0.2) is 0 Å². The predicted octanol–water partition coefficient (Wildman–Crippen LogP) is 2.02. The molecule has 0 aromatic carbocycles. The normalized spacial score (nSPS) is 34.6. The van der Waals surface area contributed by atoms with E-state index in [4.69, 9.17) is 0 Å². The van der Waals surface area contributed by atoms with Crippen LogP contribution < -0.4 is 5.32 Å². The molecule has 3 rings (SSSR count). The number of hydrogen-bond acceptors (Lipinski definition) is 2. The Morgan fingerprint density at radius 2 is 2.11 bits per heavy atom. The molecule has 1 aliphatic heterocycles. The van der Waals surface area contributed by atoms with Crippen molar-refractivity contribution in [2.75, 3.05) is 19.6 Å². The van der Waals surface area contributed by atoms with E-state index in [-0.39, 0.29) is 0 Å². The van der Waals surface area contributed by atoms with Gasteiger partial charge in [-0.3, -0.25) is 4.79 Å². The van der Waals surface area contributed by atoms with Crippen LogP contribution in [-0.4, -0.2) is 36.5 Å². The van der Waals surface area contributed by atoms with Crippen molar-refractivity contribution in [2.45, 2.75) is 51.5 Å². The summed E-state index contributed by atoms with van der Waals surface area (Å²) in [6.07, 6.45) is 7.48. The maximum absolute atomic E-state index is 12.5. The van der Waals surface area contributed by atoms with E-state index < -0.39 is 0 Å². The first-order valence-corrected chi connectivity index (χ1v) is 7.78. The summed E-state index contributed by atoms with van der Waals surface area (Å²) < 4.78 is 0. The monoisotopic (exact) mass is 250 g/mol. The quantitative estimate of drug-likeness (QED) is 0.809. The molecule has 102 valence electrons. The highest BCUT2D eigenvalue weighted by Crippen LogP contribution is 2.49. The van der Waals surface area contributed by atoms with Crippen molar-refractivity contribution < 1.29 is 4.79 Å². The van der Waals surface area contributed by atoms with Crippen LogP contribution in [0.1, 0.15) is 45.4 Å². The van der Waals surface area contributed by atoms with Crippen LogP contribution in [0.3, 0.4) is 0 Å². The minimum absolute atomic E-state index is 0.431. The second kappa shape index (κ2) is 5.20. The molecule has 3 fully saturated rings. The zero-order chi connectivity index (χ0) is 12.5. The van der Waals surface area contributed by atoms with Gasteiger partial charge < -0.3 is 10.2 Å². The van der Waals surface area contributed by atoms with Crippen molar-refractivity contribution >= 4 is 5.91 Å². The Hall–Kier alpha value is -0.570. The van der Waals surface area contributed by atoms with E-state index >= 15 is 0 Å². The number of fused-ring (bicyclic) bond motifs is 2. The van der Waals surface area contributed by atoms with Crippen LogP contribution >= 0.6 is 0 Å². The maximum atomic E-state index is 12.5. The maximum Gasteiger partial charge on any atom is 0.223 e. The fourth-order valence-corrected chi connectivity index (χ4v) is 4.21. The molecule has 1 N–H and O–H groups in total. The molecular formula is C15H26N2O. The molecule has 2 bridgehead atoms. The van der Waals surface area contributed by atoms with Crippen LogP contribution in [0.25, 0.3) is 0 Å². The number of carbonyl (C=O) groups excluding carboxylic acids is 1. The van der Waals surface area contributed by atoms with Crippen molar-refractivity contribution in [1.82, 2.24) is 10.2 Å². The van der Waals surface area contributed by atoms with Crippen LogP contribution in [0.2, 0.25) is 0 Å². The van der Waals surface area contributed by atoms with E-state index in [2.05, 4.69) is 17.1 Å². The average molecular weight is 250 g/mol. The van der Waals surface area contributed by atoms with Gasteiger partial charge >= 0.3 is 0 Å². The van der Waals surface area contributed by atoms with Crippen molar-refractivity contribution in [3.8, 4) is 0 Å². The molecule has 3 atom stereocenters. The predicted molar refractivity (Wildman–Crippen MR) is 72.2 cm³/mol. The summed E-state index contributed by atoms with van der Waals surface area (Å²) in [5.41, 5.74) is 0. The lowest BCUT2D eigenvalue weighted by atomic mass is 9.86. The third-order valence-electron chi connectivity index (χ3n) is 5.31. The lowest BCUT2D eigenvalue weighted by molar-refractivity contribution is -0.136. The van der Waals surface area contributed by atoms with Crippen molar-refractivity contribution in [1.29, 1.82) is 0 Å². The molecule has 0 aromatic rings. The van der Waals surface area contributed by atoms with E-state index in [9.17, 15) is 4.79 Å². The van der Waals surface area contributed by atoms with Crippen LogP contribution in [0.15, 0.2) is 0 Å². The van der Waals surface area contributed by atoms with Gasteiger partial charge in [-0.1, -0.05) is 13.3 Å². The number of rotatable bonds is 5. The van der Waals surface area contributed by atoms with Gasteiger partial charge in [0.25, 0.3) is 0 Å². The lowest BCUT2D eigenvalue weighted by Gasteiger charge is -2.39. The molecule has 1 amide bonds. The summed E-state index contributed by atoms with van der Waals surface area (Å²) in [5.74, 6) is 2.98. The molecule has 3 aliphatic rings. The van der Waals surface area contributed by atoms with Crippen molar-refractivity contribution in [2.24, 2.45) is 17.8 Å². The number of amides is 1. The SMILES string of the molecule is CCCN(C(=O)CC1CC2CCC1C2)C1CNC1. The van der Waals surface area contributed by atoms with Crippen molar-refractivity contribution in [3.63, 3.8) is 0 Å². The van der Waals surface area contributed by atoms with Gasteiger partial charge in [0.2, 0.25) is 5.91 Å². The van der Waals surface area contributed by atoms with Crippen molar-refractivity contribution in [3.05, 3.63) is 0 Å². The molecule has 3 nitrogen and oxygen atoms in total. The second-order valence-electron chi connectivity index (χ2n) is 6.54. The van der Waals surface area contributed by atoms with E-state index in [1.54, 1.807) is 0 Å². The molecule has 1 saturated heterocycles. The first kappa shape index (κ1) is 12.5. The van der Waals surface area contributed by atoms with Gasteiger partial charge in [0.1, 0.15) is 0 Å². The largest absolute Gasteiger partial charge is 0.337 e. The second-order valence-corrected chi connectivity index (χ2v) is 6.54. The number of nitrogens with one attached hydrogen (secondary N) is 1. The Bertz CT molecular complexity index is 314. The first-order valence-electron chi connectivity index (χ1n) is 7.78. The Kier molecular flexibility index (Phi) is 3.60. The van der Waals surface area contributed by atoms with Gasteiger partial charge in [-0.15, -0.1) is 0 Å². The topological polar surface area (TPSA) is 32.3 Å². The highest BCUT2D eigenvalue weighted by Gasteiger charge is 2.41. The Labute approximate surface area is 110 Å². The van der Waals surface area contributed by atoms with Crippen LogP contribution in [0.5, 0.6) is 0 Å². The van der Waals surface area contributed by atoms with Gasteiger partial charge in [0, 0.05) is 26.1 Å². The fourth-order valence-electron chi connectivity index (χ4n) is 4.21. The zero-order valence-corrected chi connectivity index (χ0v) is 11.5. The van der Waals surface area contributed by atoms with Crippen LogP contribution in [0, 0.1) is 17.8 Å². The molecule has 3 heteroatoms. The minimum atomic E-state index is 0.431. The van der Waals surface area contributed by atoms with Gasteiger partial charge in [-0.25, -0.2) is 0 Å². The van der Waals surface area contributed by atoms with Crippen LogP contribution in [0.4, 0.5) is 0 Å². The average Bonchev–Trinajstić information content (AvgIpc) is 2.87. The highest BCUT2D eigenvalue weighted by molar-refractivity contribution is 5.77. The summed E-state index contributed by atoms with van der Waals surface area (Å²) in [7, 11) is 0. The number of nitrogens with zero attached hydrogens (tertiary/aromatic N) is 1. The van der Waals surface area contributed by atoms with E-state index in [1.807, 2.05) is 0 Å². The Morgan fingerprint density at radius 1 is 1.28 bits per heavy atom. The van der Waals surface area contributed by atoms with E-state index in [0.717, 1.165) is 44.3 Å². The molecular weight excluding hydrogens is 224 g/mol. The molecule has 2 aliphatic carbocycles. The third-order valence-corrected chi connectivity index (χ3v) is 5.31. The number of carbonyl (C=O) groups is 1. The lowest BCUT2D eigenvalue weighted by Crippen LogP contribution is -2.59. The highest BCUT2D eigenvalue weighted by atomic mass is 16.2. The number of hydrogen-bond donors (Lipinski definition) is 1. The third kappa shape index (κ3) is 2.29. The smallest absolute Gasteiger partial charge is 0.223 e. The minimum Gasteiger partial charge on any atom is -0.337 e. The Balaban J connectivity index is 1.55. The summed E-state index contributed by atoms with van der Waals surface area (Å²) >= 11 is 0. The van der Waals surface area contributed by atoms with E-state index in [0.29, 0.717) is 17.9 Å². The fraction of sp³-hybridized carbons (Fsp3) is 0.933. The molecule has 18 heavy (non-hydrogen) atoms. The molecule has 3 unspecified atom stereocenters. The first-order chi connectivity index (χ1) is 8.78. The summed E-state index contributed by atoms with van der Waals surface area (Å²) in [4.78, 5) is 14.7. The molecule has 2 saturated carbocycles. The zero-order valence-electron chi connectivity index (χ0n) is 11.5. The van der Waals surface area contributed by atoms with Crippen LogP contribution in [-0.2, 0) is 4.79 Å². The van der Waals surface area contributed by atoms with Gasteiger partial charge in [-0.2, -0.15) is 0 Å². The standard InChI is InChI=1S/C15H26N2O/c1-2-5-17(14-9-16-10-14)15(18)8-13-7-11-3-4-12(13)6-11/h11-14,16H,2-10H2,1H3. The van der Waals surface area contributed by atoms with E-state index in [1.165, 1.54) is 25.7 Å². The molecule has 1 heterocycles. The molecule has 0 radical (unpaired) electrons. The molecule has 0 spiro atoms. The summed E-state index contributed by atoms with van der Waals surface area (Å²) in [6.45, 7) is 5.13. The molecule has 0 aromatic heterocycles. The van der Waals surface area contributed by atoms with Gasteiger partial charge in [-0.05, 0) is 43.4 Å². The summed E-state index contributed by atoms with van der Waals surface area (Å²) in [5, 5.41) is 3.28. The Morgan fingerprint density at radius 3 is 2.61 bits per heavy atom. The summed E-state index contributed by atoms with van der Waals surface area (Å²) in [6, 6.07) is 0.482. The van der Waals surface area contributed by atoms with Gasteiger partial charge in [0.05, 0.1) is 6.04 Å².